The maximum absolute atomic E-state index is 13.2. The van der Waals surface area contributed by atoms with Crippen molar-refractivity contribution >= 4 is 23.2 Å². The molecule has 3 rings (SSSR count). The predicted octanol–water partition coefficient (Wildman–Crippen LogP) is 3.98. The molecule has 1 saturated carbocycles. The number of carbonyl (C=O) groups excluding carboxylic acids is 1. The lowest BCUT2D eigenvalue weighted by Gasteiger charge is -2.31. The molecule has 32 heavy (non-hydrogen) atoms. The molecule has 1 aliphatic carbocycles. The van der Waals surface area contributed by atoms with E-state index in [1.165, 1.54) is 13.2 Å². The second kappa shape index (κ2) is 9.97. The molecule has 2 aromatic carbocycles. The highest BCUT2D eigenvalue weighted by Gasteiger charge is 2.33. The Morgan fingerprint density at radius 2 is 1.91 bits per heavy atom. The summed E-state index contributed by atoms with van der Waals surface area (Å²) in [5.41, 5.74) is -0.244. The van der Waals surface area contributed by atoms with Crippen LogP contribution in [0.25, 0.3) is 0 Å². The van der Waals surface area contributed by atoms with Crippen LogP contribution in [-0.2, 0) is 12.7 Å². The van der Waals surface area contributed by atoms with Crippen LogP contribution in [0.2, 0.25) is 5.02 Å². The topological polar surface area (TPSA) is 90.8 Å². The van der Waals surface area contributed by atoms with Crippen molar-refractivity contribution in [1.82, 2.24) is 5.32 Å². The molecule has 2 aromatic rings. The number of nitrogens with one attached hydrogen (secondary N) is 2. The van der Waals surface area contributed by atoms with Gasteiger partial charge in [0, 0.05) is 18.3 Å². The molecule has 1 amide bonds. The van der Waals surface area contributed by atoms with Crippen molar-refractivity contribution in [2.24, 2.45) is 0 Å². The van der Waals surface area contributed by atoms with E-state index in [4.69, 9.17) is 16.3 Å². The average Bonchev–Trinajstić information content (AvgIpc) is 2.74. The number of carbonyl (C=O) groups is 1. The summed E-state index contributed by atoms with van der Waals surface area (Å²) in [6, 6.07) is 7.52. The third kappa shape index (κ3) is 5.85. The van der Waals surface area contributed by atoms with Gasteiger partial charge < -0.3 is 25.6 Å². The van der Waals surface area contributed by atoms with Gasteiger partial charge in [0.2, 0.25) is 0 Å². The van der Waals surface area contributed by atoms with E-state index >= 15 is 0 Å². The van der Waals surface area contributed by atoms with E-state index < -0.39 is 29.9 Å². The minimum Gasteiger partial charge on any atom is -0.495 e. The fourth-order valence-electron chi connectivity index (χ4n) is 3.61. The summed E-state index contributed by atoms with van der Waals surface area (Å²) in [4.78, 5) is 12.8. The molecule has 4 N–H and O–H groups in total. The Bertz CT molecular complexity index is 971. The summed E-state index contributed by atoms with van der Waals surface area (Å²) in [7, 11) is 1.47. The number of methoxy groups -OCH3 is 1. The Labute approximate surface area is 188 Å². The Balaban J connectivity index is 1.80. The fourth-order valence-corrected chi connectivity index (χ4v) is 3.89. The molecule has 0 saturated heterocycles. The number of aliphatic hydroxyl groups is 2. The largest absolute Gasteiger partial charge is 0.495 e. The number of halogens is 4. The maximum Gasteiger partial charge on any atom is 0.416 e. The summed E-state index contributed by atoms with van der Waals surface area (Å²) < 4.78 is 44.8. The summed E-state index contributed by atoms with van der Waals surface area (Å²) >= 11 is 6.08. The van der Waals surface area contributed by atoms with Gasteiger partial charge >= 0.3 is 6.18 Å². The first kappa shape index (κ1) is 24.2. The zero-order valence-corrected chi connectivity index (χ0v) is 18.0. The van der Waals surface area contributed by atoms with Gasteiger partial charge in [0.25, 0.3) is 5.91 Å². The highest BCUT2D eigenvalue weighted by atomic mass is 35.5. The van der Waals surface area contributed by atoms with Crippen LogP contribution in [0.1, 0.15) is 40.7 Å². The van der Waals surface area contributed by atoms with Crippen molar-refractivity contribution in [3.05, 3.63) is 58.1 Å². The van der Waals surface area contributed by atoms with Gasteiger partial charge in [0.1, 0.15) is 5.75 Å². The molecule has 174 valence electrons. The number of aliphatic hydroxyl groups excluding tert-OH is 2. The molecule has 0 unspecified atom stereocenters. The van der Waals surface area contributed by atoms with Crippen LogP contribution in [-0.4, -0.2) is 41.5 Å². The van der Waals surface area contributed by atoms with Crippen LogP contribution in [0.15, 0.2) is 36.4 Å². The van der Waals surface area contributed by atoms with Gasteiger partial charge in [-0.25, -0.2) is 0 Å². The minimum absolute atomic E-state index is 0.0482. The number of amides is 1. The lowest BCUT2D eigenvalue weighted by Crippen LogP contribution is -2.39. The van der Waals surface area contributed by atoms with Gasteiger partial charge in [0.05, 0.1) is 35.5 Å². The van der Waals surface area contributed by atoms with E-state index in [0.29, 0.717) is 29.2 Å². The van der Waals surface area contributed by atoms with Gasteiger partial charge in [-0.05, 0) is 55.2 Å². The Morgan fingerprint density at radius 1 is 1.16 bits per heavy atom. The first-order chi connectivity index (χ1) is 15.1. The average molecular weight is 473 g/mol. The number of alkyl halides is 3. The van der Waals surface area contributed by atoms with Gasteiger partial charge in [-0.3, -0.25) is 4.79 Å². The van der Waals surface area contributed by atoms with Gasteiger partial charge in [-0.15, -0.1) is 0 Å². The number of benzene rings is 2. The molecule has 0 bridgehead atoms. The molecule has 6 nitrogen and oxygen atoms in total. The second-order valence-electron chi connectivity index (χ2n) is 7.70. The molecule has 0 heterocycles. The SMILES string of the molecule is COc1ccc(CNC(=O)c2cc(C(F)(F)F)ccc2N[C@H]2CC[C@@H](O)[C@@H](O)C2)cc1Cl. The van der Waals surface area contributed by atoms with Crippen LogP contribution in [0, 0.1) is 0 Å². The first-order valence-corrected chi connectivity index (χ1v) is 10.4. The molecule has 0 aromatic heterocycles. The van der Waals surface area contributed by atoms with Crippen molar-refractivity contribution in [3.63, 3.8) is 0 Å². The maximum atomic E-state index is 13.2. The van der Waals surface area contributed by atoms with Crippen LogP contribution in [0.3, 0.4) is 0 Å². The fraction of sp³-hybridized carbons (Fsp3) is 0.409. The first-order valence-electron chi connectivity index (χ1n) is 10.0. The van der Waals surface area contributed by atoms with Crippen LogP contribution in [0.4, 0.5) is 18.9 Å². The quantitative estimate of drug-likeness (QED) is 0.510. The molecule has 0 aliphatic heterocycles. The molecule has 0 spiro atoms. The summed E-state index contributed by atoms with van der Waals surface area (Å²) in [5, 5.41) is 25.6. The van der Waals surface area contributed by atoms with E-state index in [1.807, 2.05) is 0 Å². The highest BCUT2D eigenvalue weighted by molar-refractivity contribution is 6.32. The standard InChI is InChI=1S/C22H24ClF3N2O4/c1-32-20-7-2-12(8-16(20)23)11-27-21(31)15-9-13(22(24,25)26)3-5-17(15)28-14-4-6-18(29)19(30)10-14/h2-3,5,7-9,14,18-19,28-30H,4,6,10-11H2,1H3,(H,27,31)/t14-,18+,19-/m0/s1. The number of anilines is 1. The number of hydrogen-bond acceptors (Lipinski definition) is 5. The molecular formula is C22H24ClF3N2O4. The molecular weight excluding hydrogens is 449 g/mol. The molecule has 3 atom stereocenters. The number of ether oxygens (including phenoxy) is 1. The highest BCUT2D eigenvalue weighted by Crippen LogP contribution is 2.33. The number of rotatable bonds is 6. The normalized spacial score (nSPS) is 21.2. The Kier molecular flexibility index (Phi) is 7.53. The lowest BCUT2D eigenvalue weighted by molar-refractivity contribution is -0.137. The van der Waals surface area contributed by atoms with Crippen molar-refractivity contribution in [2.45, 2.75) is 50.2 Å². The lowest BCUT2D eigenvalue weighted by atomic mass is 9.90. The Hall–Kier alpha value is -2.49. The van der Waals surface area contributed by atoms with Gasteiger partial charge in [-0.2, -0.15) is 13.2 Å². The molecule has 1 fully saturated rings. The summed E-state index contributed by atoms with van der Waals surface area (Å²) in [6.07, 6.45) is -5.31. The van der Waals surface area contributed by atoms with Crippen molar-refractivity contribution < 1.29 is 32.9 Å². The minimum atomic E-state index is -4.61. The van der Waals surface area contributed by atoms with E-state index in [0.717, 1.165) is 12.1 Å². The zero-order valence-electron chi connectivity index (χ0n) is 17.2. The van der Waals surface area contributed by atoms with Crippen molar-refractivity contribution in [1.29, 1.82) is 0 Å². The number of hydrogen-bond donors (Lipinski definition) is 4. The zero-order chi connectivity index (χ0) is 23.5. The van der Waals surface area contributed by atoms with Crippen LogP contribution >= 0.6 is 11.6 Å². The molecule has 0 radical (unpaired) electrons. The summed E-state index contributed by atoms with van der Waals surface area (Å²) in [6.45, 7) is 0.0482. The summed E-state index contributed by atoms with van der Waals surface area (Å²) in [5.74, 6) is -0.229. The van der Waals surface area contributed by atoms with E-state index in [1.54, 1.807) is 18.2 Å². The third-order valence-corrected chi connectivity index (χ3v) is 5.70. The predicted molar refractivity (Wildman–Crippen MR) is 114 cm³/mol. The molecule has 10 heteroatoms. The van der Waals surface area contributed by atoms with Crippen LogP contribution in [0.5, 0.6) is 5.75 Å². The van der Waals surface area contributed by atoms with Gasteiger partial charge in [0.15, 0.2) is 0 Å². The van der Waals surface area contributed by atoms with Gasteiger partial charge in [-0.1, -0.05) is 17.7 Å². The Morgan fingerprint density at radius 3 is 2.53 bits per heavy atom. The van der Waals surface area contributed by atoms with Crippen LogP contribution < -0.4 is 15.4 Å². The third-order valence-electron chi connectivity index (χ3n) is 5.40. The van der Waals surface area contributed by atoms with E-state index in [2.05, 4.69) is 10.6 Å². The van der Waals surface area contributed by atoms with E-state index in [9.17, 15) is 28.2 Å². The monoisotopic (exact) mass is 472 g/mol. The van der Waals surface area contributed by atoms with Crippen molar-refractivity contribution in [3.8, 4) is 5.75 Å². The molecule has 1 aliphatic rings. The smallest absolute Gasteiger partial charge is 0.416 e. The second-order valence-corrected chi connectivity index (χ2v) is 8.11. The van der Waals surface area contributed by atoms with E-state index in [-0.39, 0.29) is 30.3 Å². The van der Waals surface area contributed by atoms with Crippen molar-refractivity contribution in [2.75, 3.05) is 12.4 Å².